The van der Waals surface area contributed by atoms with Crippen LogP contribution < -0.4 is 5.73 Å². The molecule has 1 saturated carbocycles. The average molecular weight is 268 g/mol. The number of aromatic nitrogens is 2. The molecule has 3 unspecified atom stereocenters. The molecule has 20 heavy (non-hydrogen) atoms. The zero-order valence-electron chi connectivity index (χ0n) is 12.0. The van der Waals surface area contributed by atoms with Crippen molar-refractivity contribution >= 4 is 17.0 Å². The molecule has 0 amide bonds. The van der Waals surface area contributed by atoms with Crippen LogP contribution in [0.4, 0.5) is 5.95 Å². The summed E-state index contributed by atoms with van der Waals surface area (Å²) in [6, 6.07) is 8.32. The molecular weight excluding hydrogens is 248 g/mol. The molecule has 3 atom stereocenters. The van der Waals surface area contributed by atoms with Crippen LogP contribution in [0.1, 0.15) is 44.7 Å². The number of nitrogens with zero attached hydrogens (tertiary/aromatic N) is 3. The summed E-state index contributed by atoms with van der Waals surface area (Å²) in [6.45, 7) is 4.61. The van der Waals surface area contributed by atoms with E-state index in [0.29, 0.717) is 23.5 Å². The fourth-order valence-electron chi connectivity index (χ4n) is 3.61. The smallest absolute Gasteiger partial charge is 0.201 e. The van der Waals surface area contributed by atoms with Gasteiger partial charge >= 0.3 is 0 Å². The third-order valence-corrected chi connectivity index (χ3v) is 4.59. The predicted octanol–water partition coefficient (Wildman–Crippen LogP) is 3.49. The summed E-state index contributed by atoms with van der Waals surface area (Å²) in [5.74, 6) is 1.91. The Bertz CT molecular complexity index is 680. The molecule has 2 N–H and O–H groups in total. The van der Waals surface area contributed by atoms with Crippen LogP contribution in [0, 0.1) is 23.2 Å². The number of hydrogen-bond acceptors (Lipinski definition) is 3. The molecule has 1 heterocycles. The Morgan fingerprint density at radius 2 is 2.15 bits per heavy atom. The number of fused-ring (bicyclic) bond motifs is 1. The first-order valence-electron chi connectivity index (χ1n) is 7.28. The molecule has 0 saturated heterocycles. The molecule has 2 aromatic rings. The van der Waals surface area contributed by atoms with E-state index in [2.05, 4.69) is 29.5 Å². The molecule has 104 valence electrons. The second kappa shape index (κ2) is 4.82. The number of nitrogens with two attached hydrogens (primary N) is 1. The van der Waals surface area contributed by atoms with Crippen molar-refractivity contribution in [3.8, 4) is 6.07 Å². The fraction of sp³-hybridized carbons (Fsp3) is 0.500. The van der Waals surface area contributed by atoms with Crippen molar-refractivity contribution in [3.05, 3.63) is 23.8 Å². The van der Waals surface area contributed by atoms with Gasteiger partial charge in [-0.1, -0.05) is 19.9 Å². The normalized spacial score (nSPS) is 26.6. The van der Waals surface area contributed by atoms with E-state index >= 15 is 0 Å². The van der Waals surface area contributed by atoms with Gasteiger partial charge in [-0.3, -0.25) is 0 Å². The highest BCUT2D eigenvalue weighted by Gasteiger charge is 2.29. The first-order chi connectivity index (χ1) is 9.61. The SMILES string of the molecule is CC1CCC(n2c(N)nc3c(C#N)cccc32)C(C)C1. The minimum Gasteiger partial charge on any atom is -0.369 e. The van der Waals surface area contributed by atoms with Gasteiger partial charge in [-0.25, -0.2) is 4.98 Å². The second-order valence-corrected chi connectivity index (χ2v) is 6.09. The topological polar surface area (TPSA) is 67.6 Å². The van der Waals surface area contributed by atoms with Gasteiger partial charge in [0, 0.05) is 6.04 Å². The molecule has 0 bridgehead atoms. The number of hydrogen-bond donors (Lipinski definition) is 1. The van der Waals surface area contributed by atoms with Gasteiger partial charge in [-0.15, -0.1) is 0 Å². The highest BCUT2D eigenvalue weighted by atomic mass is 15.2. The lowest BCUT2D eigenvalue weighted by molar-refractivity contribution is 0.213. The van der Waals surface area contributed by atoms with Crippen molar-refractivity contribution in [2.75, 3.05) is 5.73 Å². The molecule has 1 aliphatic rings. The van der Waals surface area contributed by atoms with Crippen molar-refractivity contribution in [1.82, 2.24) is 9.55 Å². The number of imidazole rings is 1. The zero-order valence-corrected chi connectivity index (χ0v) is 12.0. The van der Waals surface area contributed by atoms with E-state index in [1.807, 2.05) is 12.1 Å². The van der Waals surface area contributed by atoms with Gasteiger partial charge in [0.2, 0.25) is 5.95 Å². The van der Waals surface area contributed by atoms with Gasteiger partial charge in [0.25, 0.3) is 0 Å². The predicted molar refractivity (Wildman–Crippen MR) is 80.1 cm³/mol. The van der Waals surface area contributed by atoms with Gasteiger partial charge in [0.15, 0.2) is 0 Å². The number of benzene rings is 1. The van der Waals surface area contributed by atoms with Crippen molar-refractivity contribution < 1.29 is 0 Å². The third kappa shape index (κ3) is 1.94. The molecule has 1 aromatic heterocycles. The molecule has 3 rings (SSSR count). The van der Waals surface area contributed by atoms with Crippen molar-refractivity contribution in [2.45, 2.75) is 39.2 Å². The number of anilines is 1. The van der Waals surface area contributed by atoms with E-state index in [-0.39, 0.29) is 0 Å². The summed E-state index contributed by atoms with van der Waals surface area (Å²) < 4.78 is 2.15. The van der Waals surface area contributed by atoms with Crippen LogP contribution in [0.3, 0.4) is 0 Å². The third-order valence-electron chi connectivity index (χ3n) is 4.59. The summed E-state index contributed by atoms with van der Waals surface area (Å²) in [6.07, 6.45) is 3.59. The average Bonchev–Trinajstić information content (AvgIpc) is 2.75. The molecule has 1 aromatic carbocycles. The maximum atomic E-state index is 9.19. The number of para-hydroxylation sites is 1. The van der Waals surface area contributed by atoms with Crippen molar-refractivity contribution in [1.29, 1.82) is 5.26 Å². The molecule has 1 aliphatic carbocycles. The van der Waals surface area contributed by atoms with Crippen LogP contribution in [0.25, 0.3) is 11.0 Å². The summed E-state index contributed by atoms with van der Waals surface area (Å²) in [4.78, 5) is 4.43. The quantitative estimate of drug-likeness (QED) is 0.860. The monoisotopic (exact) mass is 268 g/mol. The fourth-order valence-corrected chi connectivity index (χ4v) is 3.61. The molecule has 0 aliphatic heterocycles. The van der Waals surface area contributed by atoms with Gasteiger partial charge in [-0.2, -0.15) is 5.26 Å². The lowest BCUT2D eigenvalue weighted by atomic mass is 9.79. The largest absolute Gasteiger partial charge is 0.369 e. The van der Waals surface area contributed by atoms with Gasteiger partial charge in [0.05, 0.1) is 11.1 Å². The highest BCUT2D eigenvalue weighted by molar-refractivity contribution is 5.84. The highest BCUT2D eigenvalue weighted by Crippen LogP contribution is 2.39. The van der Waals surface area contributed by atoms with E-state index in [0.717, 1.165) is 23.4 Å². The lowest BCUT2D eigenvalue weighted by Gasteiger charge is -2.34. The van der Waals surface area contributed by atoms with Crippen LogP contribution >= 0.6 is 0 Å². The first kappa shape index (κ1) is 13.0. The number of rotatable bonds is 1. The zero-order chi connectivity index (χ0) is 14.3. The van der Waals surface area contributed by atoms with E-state index in [4.69, 9.17) is 5.73 Å². The molecular formula is C16H20N4. The van der Waals surface area contributed by atoms with Crippen LogP contribution in [0.5, 0.6) is 0 Å². The minimum absolute atomic E-state index is 0.394. The molecule has 4 heteroatoms. The summed E-state index contributed by atoms with van der Waals surface area (Å²) in [7, 11) is 0. The van der Waals surface area contributed by atoms with Gasteiger partial charge < -0.3 is 10.3 Å². The second-order valence-electron chi connectivity index (χ2n) is 6.09. The summed E-state index contributed by atoms with van der Waals surface area (Å²) >= 11 is 0. The van der Waals surface area contributed by atoms with E-state index in [9.17, 15) is 5.26 Å². The molecule has 4 nitrogen and oxygen atoms in total. The summed E-state index contributed by atoms with van der Waals surface area (Å²) in [5.41, 5.74) is 8.48. The first-order valence-corrected chi connectivity index (χ1v) is 7.28. The van der Waals surface area contributed by atoms with E-state index in [1.165, 1.54) is 12.8 Å². The van der Waals surface area contributed by atoms with Gasteiger partial charge in [-0.05, 0) is 43.2 Å². The van der Waals surface area contributed by atoms with E-state index < -0.39 is 0 Å². The standard InChI is InChI=1S/C16H20N4/c1-10-6-7-13(11(2)8-10)20-14-5-3-4-12(9-17)15(14)19-16(20)18/h3-5,10-11,13H,6-8H2,1-2H3,(H2,18,19). The van der Waals surface area contributed by atoms with Gasteiger partial charge in [0.1, 0.15) is 11.6 Å². The Morgan fingerprint density at radius 3 is 2.85 bits per heavy atom. The Balaban J connectivity index is 2.12. The maximum Gasteiger partial charge on any atom is 0.201 e. The van der Waals surface area contributed by atoms with Crippen molar-refractivity contribution in [2.24, 2.45) is 11.8 Å². The Hall–Kier alpha value is -2.02. The molecule has 0 spiro atoms. The minimum atomic E-state index is 0.394. The Morgan fingerprint density at radius 1 is 1.35 bits per heavy atom. The number of nitriles is 1. The van der Waals surface area contributed by atoms with Crippen LogP contribution in [0.2, 0.25) is 0 Å². The maximum absolute atomic E-state index is 9.19. The molecule has 0 radical (unpaired) electrons. The Kier molecular flexibility index (Phi) is 3.13. The number of nitrogen functional groups attached to an aromatic ring is 1. The lowest BCUT2D eigenvalue weighted by Crippen LogP contribution is -2.25. The van der Waals surface area contributed by atoms with Crippen LogP contribution in [-0.2, 0) is 0 Å². The van der Waals surface area contributed by atoms with Crippen LogP contribution in [0.15, 0.2) is 18.2 Å². The van der Waals surface area contributed by atoms with Crippen molar-refractivity contribution in [3.63, 3.8) is 0 Å². The van der Waals surface area contributed by atoms with E-state index in [1.54, 1.807) is 6.07 Å². The summed E-state index contributed by atoms with van der Waals surface area (Å²) in [5, 5.41) is 9.19. The van der Waals surface area contributed by atoms with Crippen LogP contribution in [-0.4, -0.2) is 9.55 Å². The molecule has 1 fully saturated rings. The Labute approximate surface area is 119 Å².